The molecular weight excluding hydrogens is 426 g/mol. The summed E-state index contributed by atoms with van der Waals surface area (Å²) in [4.78, 5) is 14.2. The first kappa shape index (κ1) is 22.2. The van der Waals surface area contributed by atoms with Gasteiger partial charge in [0.15, 0.2) is 11.5 Å². The summed E-state index contributed by atoms with van der Waals surface area (Å²) in [6, 6.07) is 19.7. The molecule has 0 amide bonds. The molecule has 32 heavy (non-hydrogen) atoms. The highest BCUT2D eigenvalue weighted by molar-refractivity contribution is 6.30. The second-order valence-corrected chi connectivity index (χ2v) is 8.21. The van der Waals surface area contributed by atoms with E-state index in [0.29, 0.717) is 16.3 Å². The van der Waals surface area contributed by atoms with Crippen molar-refractivity contribution in [1.82, 2.24) is 4.90 Å². The van der Waals surface area contributed by atoms with Crippen molar-refractivity contribution >= 4 is 17.6 Å². The number of carbonyl (C=O) groups is 1. The molecule has 0 saturated carbocycles. The zero-order chi connectivity index (χ0) is 22.7. The Morgan fingerprint density at radius 1 is 1.00 bits per heavy atom. The van der Waals surface area contributed by atoms with Gasteiger partial charge < -0.3 is 14.2 Å². The van der Waals surface area contributed by atoms with Gasteiger partial charge in [-0.25, -0.2) is 4.79 Å². The van der Waals surface area contributed by atoms with Crippen LogP contribution in [0.1, 0.15) is 38.7 Å². The van der Waals surface area contributed by atoms with Crippen LogP contribution in [-0.4, -0.2) is 38.7 Å². The fourth-order valence-corrected chi connectivity index (χ4v) is 4.53. The van der Waals surface area contributed by atoms with Crippen molar-refractivity contribution in [2.45, 2.75) is 19.0 Å². The maximum Gasteiger partial charge on any atom is 0.337 e. The monoisotopic (exact) mass is 451 g/mol. The molecule has 0 aromatic heterocycles. The summed E-state index contributed by atoms with van der Waals surface area (Å²) in [6.07, 6.45) is 0.896. The predicted molar refractivity (Wildman–Crippen MR) is 125 cm³/mol. The van der Waals surface area contributed by atoms with Crippen molar-refractivity contribution in [3.05, 3.63) is 93.5 Å². The lowest BCUT2D eigenvalue weighted by Crippen LogP contribution is -2.35. The van der Waals surface area contributed by atoms with Crippen molar-refractivity contribution in [2.24, 2.45) is 0 Å². The zero-order valence-electron chi connectivity index (χ0n) is 18.4. The summed E-state index contributed by atoms with van der Waals surface area (Å²) in [5.74, 6) is 1.12. The van der Waals surface area contributed by atoms with Gasteiger partial charge in [0.1, 0.15) is 0 Å². The van der Waals surface area contributed by atoms with E-state index in [1.54, 1.807) is 26.4 Å². The Morgan fingerprint density at radius 3 is 2.38 bits per heavy atom. The molecule has 166 valence electrons. The lowest BCUT2D eigenvalue weighted by molar-refractivity contribution is 0.0600. The van der Waals surface area contributed by atoms with Crippen LogP contribution in [-0.2, 0) is 17.7 Å². The standard InChI is InChI=1S/C26H26ClNO4/c1-30-23-14-19-11-12-28(16-17-7-9-18(10-8-17)26(29)32-3)25(22(19)15-24(23)31-2)20-5-4-6-21(27)13-20/h4-10,13-15,25H,11-12,16H2,1-3H3. The molecule has 0 radical (unpaired) electrons. The van der Waals surface area contributed by atoms with E-state index >= 15 is 0 Å². The second-order valence-electron chi connectivity index (χ2n) is 7.77. The van der Waals surface area contributed by atoms with Crippen molar-refractivity contribution < 1.29 is 19.0 Å². The summed E-state index contributed by atoms with van der Waals surface area (Å²) >= 11 is 6.36. The van der Waals surface area contributed by atoms with E-state index in [4.69, 9.17) is 25.8 Å². The van der Waals surface area contributed by atoms with Crippen LogP contribution >= 0.6 is 11.6 Å². The normalized spacial score (nSPS) is 15.7. The van der Waals surface area contributed by atoms with Crippen LogP contribution in [0.5, 0.6) is 11.5 Å². The first-order valence-electron chi connectivity index (χ1n) is 10.5. The molecule has 1 aliphatic rings. The quantitative estimate of drug-likeness (QED) is 0.476. The number of nitrogens with zero attached hydrogens (tertiary/aromatic N) is 1. The number of hydrogen-bond acceptors (Lipinski definition) is 5. The number of methoxy groups -OCH3 is 3. The van der Waals surface area contributed by atoms with Gasteiger partial charge in [0.25, 0.3) is 0 Å². The number of carbonyl (C=O) groups excluding carboxylic acids is 1. The van der Waals surface area contributed by atoms with Gasteiger partial charge in [-0.05, 0) is 65.1 Å². The van der Waals surface area contributed by atoms with E-state index in [-0.39, 0.29) is 12.0 Å². The molecule has 1 atom stereocenters. The first-order chi connectivity index (χ1) is 15.5. The minimum atomic E-state index is -0.332. The van der Waals surface area contributed by atoms with Crippen LogP contribution < -0.4 is 9.47 Å². The lowest BCUT2D eigenvalue weighted by Gasteiger charge is -2.38. The largest absolute Gasteiger partial charge is 0.493 e. The molecule has 1 heterocycles. The smallest absolute Gasteiger partial charge is 0.337 e. The van der Waals surface area contributed by atoms with E-state index in [2.05, 4.69) is 23.1 Å². The average Bonchev–Trinajstić information content (AvgIpc) is 2.82. The lowest BCUT2D eigenvalue weighted by atomic mass is 9.87. The summed E-state index contributed by atoms with van der Waals surface area (Å²) in [5, 5.41) is 0.706. The number of halogens is 1. The van der Waals surface area contributed by atoms with Gasteiger partial charge >= 0.3 is 5.97 Å². The van der Waals surface area contributed by atoms with Crippen LogP contribution in [0, 0.1) is 0 Å². The number of rotatable bonds is 6. The molecule has 0 fully saturated rings. The maximum atomic E-state index is 11.8. The van der Waals surface area contributed by atoms with Crippen molar-refractivity contribution in [1.29, 1.82) is 0 Å². The molecule has 6 heteroatoms. The van der Waals surface area contributed by atoms with E-state index in [9.17, 15) is 4.79 Å². The number of hydrogen-bond donors (Lipinski definition) is 0. The Balaban J connectivity index is 1.73. The SMILES string of the molecule is COC(=O)c1ccc(CN2CCc3cc(OC)c(OC)cc3C2c2cccc(Cl)c2)cc1. The Kier molecular flexibility index (Phi) is 6.68. The highest BCUT2D eigenvalue weighted by Gasteiger charge is 2.30. The van der Waals surface area contributed by atoms with Gasteiger partial charge in [0.05, 0.1) is 32.9 Å². The topological polar surface area (TPSA) is 48.0 Å². The van der Waals surface area contributed by atoms with Gasteiger partial charge in [-0.15, -0.1) is 0 Å². The molecule has 5 nitrogen and oxygen atoms in total. The summed E-state index contributed by atoms with van der Waals surface area (Å²) in [6.45, 7) is 1.60. The maximum absolute atomic E-state index is 11.8. The molecule has 1 aliphatic heterocycles. The minimum absolute atomic E-state index is 0.0116. The Hall–Kier alpha value is -3.02. The fraction of sp³-hybridized carbons (Fsp3) is 0.269. The third-order valence-electron chi connectivity index (χ3n) is 5.90. The third kappa shape index (κ3) is 4.45. The molecule has 0 saturated heterocycles. The Morgan fingerprint density at radius 2 is 1.72 bits per heavy atom. The number of ether oxygens (including phenoxy) is 3. The Labute approximate surface area is 193 Å². The minimum Gasteiger partial charge on any atom is -0.493 e. The van der Waals surface area contributed by atoms with Crippen LogP contribution in [0.15, 0.2) is 60.7 Å². The molecule has 0 aliphatic carbocycles. The summed E-state index contributed by atoms with van der Waals surface area (Å²) < 4.78 is 15.9. The Bertz CT molecular complexity index is 1110. The van der Waals surface area contributed by atoms with Crippen LogP contribution in [0.2, 0.25) is 5.02 Å². The summed E-state index contributed by atoms with van der Waals surface area (Å²) in [7, 11) is 4.70. The molecule has 0 spiro atoms. The van der Waals surface area contributed by atoms with E-state index < -0.39 is 0 Å². The number of esters is 1. The zero-order valence-corrected chi connectivity index (χ0v) is 19.2. The molecular formula is C26H26ClNO4. The molecule has 3 aromatic carbocycles. The summed E-state index contributed by atoms with van der Waals surface area (Å²) in [5.41, 5.74) is 5.21. The number of fused-ring (bicyclic) bond motifs is 1. The molecule has 4 rings (SSSR count). The molecule has 0 N–H and O–H groups in total. The van der Waals surface area contributed by atoms with Crippen molar-refractivity contribution in [3.63, 3.8) is 0 Å². The third-order valence-corrected chi connectivity index (χ3v) is 6.13. The molecule has 1 unspecified atom stereocenters. The van der Waals surface area contributed by atoms with Crippen molar-refractivity contribution in [3.8, 4) is 11.5 Å². The average molecular weight is 452 g/mol. The van der Waals surface area contributed by atoms with Gasteiger partial charge in [-0.1, -0.05) is 35.9 Å². The van der Waals surface area contributed by atoms with Gasteiger partial charge in [-0.3, -0.25) is 4.90 Å². The highest BCUT2D eigenvalue weighted by Crippen LogP contribution is 2.42. The first-order valence-corrected chi connectivity index (χ1v) is 10.8. The van der Waals surface area contributed by atoms with Gasteiger partial charge in [0.2, 0.25) is 0 Å². The number of benzene rings is 3. The predicted octanol–water partition coefficient (Wildman–Crippen LogP) is 5.29. The van der Waals surface area contributed by atoms with Gasteiger partial charge in [0, 0.05) is 18.1 Å². The highest BCUT2D eigenvalue weighted by atomic mass is 35.5. The molecule has 3 aromatic rings. The van der Waals surface area contributed by atoms with Crippen LogP contribution in [0.25, 0.3) is 0 Å². The second kappa shape index (κ2) is 9.63. The van der Waals surface area contributed by atoms with Crippen molar-refractivity contribution in [2.75, 3.05) is 27.9 Å². The fourth-order valence-electron chi connectivity index (χ4n) is 4.33. The van der Waals surface area contributed by atoms with Crippen LogP contribution in [0.4, 0.5) is 0 Å². The van der Waals surface area contributed by atoms with E-state index in [1.165, 1.54) is 18.2 Å². The van der Waals surface area contributed by atoms with Crippen LogP contribution in [0.3, 0.4) is 0 Å². The van der Waals surface area contributed by atoms with Gasteiger partial charge in [-0.2, -0.15) is 0 Å². The molecule has 0 bridgehead atoms. The van der Waals surface area contributed by atoms with E-state index in [0.717, 1.165) is 36.4 Å². The van der Waals surface area contributed by atoms with E-state index in [1.807, 2.05) is 30.3 Å².